The third kappa shape index (κ3) is 2.91. The van der Waals surface area contributed by atoms with Crippen molar-refractivity contribution in [3.63, 3.8) is 0 Å². The maximum Gasteiger partial charge on any atom is 0.188 e. The van der Waals surface area contributed by atoms with Crippen molar-refractivity contribution < 1.29 is 13.9 Å². The minimum atomic E-state index is -0.594. The van der Waals surface area contributed by atoms with Crippen LogP contribution >= 0.6 is 11.6 Å². The van der Waals surface area contributed by atoms with E-state index < -0.39 is 5.82 Å². The van der Waals surface area contributed by atoms with Gasteiger partial charge in [0.05, 0.1) is 5.56 Å². The zero-order valence-electron chi connectivity index (χ0n) is 8.46. The van der Waals surface area contributed by atoms with Crippen LogP contribution in [0.1, 0.15) is 12.5 Å². The standard InChI is InChI=1S/C10H11ClFNO2/c1-3-8(15-6-14-2)7-4-5-13-10(11)9(7)12/h3-5H,6H2,1-2H3/b8-3-. The summed E-state index contributed by atoms with van der Waals surface area (Å²) in [6, 6.07) is 1.49. The lowest BCUT2D eigenvalue weighted by atomic mass is 10.2. The molecule has 5 heteroatoms. The molecule has 1 aromatic heterocycles. The first-order chi connectivity index (χ1) is 7.20. The molecule has 0 fully saturated rings. The fourth-order valence-electron chi connectivity index (χ4n) is 1.05. The Hall–Kier alpha value is -1.13. The highest BCUT2D eigenvalue weighted by atomic mass is 35.5. The molecule has 0 radical (unpaired) electrons. The van der Waals surface area contributed by atoms with Crippen LogP contribution in [0.3, 0.4) is 0 Å². The zero-order valence-corrected chi connectivity index (χ0v) is 9.21. The minimum Gasteiger partial charge on any atom is -0.467 e. The summed E-state index contributed by atoms with van der Waals surface area (Å²) < 4.78 is 23.4. The van der Waals surface area contributed by atoms with Gasteiger partial charge in [-0.15, -0.1) is 0 Å². The van der Waals surface area contributed by atoms with Gasteiger partial charge >= 0.3 is 0 Å². The smallest absolute Gasteiger partial charge is 0.188 e. The number of aromatic nitrogens is 1. The van der Waals surface area contributed by atoms with Crippen LogP contribution in [0.4, 0.5) is 4.39 Å². The Bertz CT molecular complexity index is 368. The van der Waals surface area contributed by atoms with E-state index in [0.717, 1.165) is 0 Å². The molecule has 3 nitrogen and oxygen atoms in total. The number of rotatable bonds is 4. The van der Waals surface area contributed by atoms with Crippen molar-refractivity contribution in [1.82, 2.24) is 4.98 Å². The molecule has 0 unspecified atom stereocenters. The average Bonchev–Trinajstić information content (AvgIpc) is 2.25. The fraction of sp³-hybridized carbons (Fsp3) is 0.300. The Morgan fingerprint density at radius 1 is 1.67 bits per heavy atom. The van der Waals surface area contributed by atoms with Gasteiger partial charge in [-0.1, -0.05) is 11.6 Å². The second kappa shape index (κ2) is 5.68. The molecule has 0 bridgehead atoms. The second-order valence-electron chi connectivity index (χ2n) is 2.67. The first kappa shape index (κ1) is 11.9. The number of allylic oxidation sites excluding steroid dienone is 1. The van der Waals surface area contributed by atoms with Crippen molar-refractivity contribution in [3.05, 3.63) is 34.9 Å². The van der Waals surface area contributed by atoms with Crippen molar-refractivity contribution in [2.75, 3.05) is 13.9 Å². The van der Waals surface area contributed by atoms with Gasteiger partial charge in [-0.05, 0) is 19.1 Å². The van der Waals surface area contributed by atoms with Gasteiger partial charge in [0, 0.05) is 13.3 Å². The van der Waals surface area contributed by atoms with Crippen molar-refractivity contribution in [2.24, 2.45) is 0 Å². The summed E-state index contributed by atoms with van der Waals surface area (Å²) in [4.78, 5) is 3.61. The SMILES string of the molecule is C/C=C(\OCOC)c1ccnc(Cl)c1F. The Labute approximate surface area is 92.5 Å². The van der Waals surface area contributed by atoms with Gasteiger partial charge < -0.3 is 9.47 Å². The quantitative estimate of drug-likeness (QED) is 0.454. The van der Waals surface area contributed by atoms with Crippen LogP contribution in [0.25, 0.3) is 5.76 Å². The molecule has 0 saturated heterocycles. The predicted molar refractivity (Wildman–Crippen MR) is 55.8 cm³/mol. The Balaban J connectivity index is 2.98. The molecule has 0 N–H and O–H groups in total. The fourth-order valence-corrected chi connectivity index (χ4v) is 1.21. The number of hydrogen-bond acceptors (Lipinski definition) is 3. The molecular formula is C10H11ClFNO2. The first-order valence-electron chi connectivity index (χ1n) is 4.29. The van der Waals surface area contributed by atoms with E-state index in [2.05, 4.69) is 4.98 Å². The van der Waals surface area contributed by atoms with Gasteiger partial charge in [-0.25, -0.2) is 9.37 Å². The van der Waals surface area contributed by atoms with Gasteiger partial charge in [-0.3, -0.25) is 0 Å². The van der Waals surface area contributed by atoms with E-state index in [4.69, 9.17) is 21.1 Å². The summed E-state index contributed by atoms with van der Waals surface area (Å²) >= 11 is 5.55. The molecule has 15 heavy (non-hydrogen) atoms. The molecule has 0 aromatic carbocycles. The van der Waals surface area contributed by atoms with Crippen LogP contribution in [0.2, 0.25) is 5.15 Å². The summed E-state index contributed by atoms with van der Waals surface area (Å²) in [6.45, 7) is 1.79. The van der Waals surface area contributed by atoms with Crippen LogP contribution in [-0.4, -0.2) is 18.9 Å². The van der Waals surface area contributed by atoms with E-state index >= 15 is 0 Å². The molecule has 0 atom stereocenters. The number of nitrogens with zero attached hydrogens (tertiary/aromatic N) is 1. The molecule has 0 spiro atoms. The molecule has 82 valence electrons. The molecule has 0 aliphatic heterocycles. The van der Waals surface area contributed by atoms with E-state index in [0.29, 0.717) is 5.76 Å². The summed E-state index contributed by atoms with van der Waals surface area (Å²) in [5.41, 5.74) is 0.273. The van der Waals surface area contributed by atoms with Crippen molar-refractivity contribution in [1.29, 1.82) is 0 Å². The zero-order chi connectivity index (χ0) is 11.3. The molecular weight excluding hydrogens is 221 g/mol. The molecule has 1 aromatic rings. The Morgan fingerprint density at radius 3 is 3.00 bits per heavy atom. The van der Waals surface area contributed by atoms with Gasteiger partial charge in [0.1, 0.15) is 5.76 Å². The number of methoxy groups -OCH3 is 1. The predicted octanol–water partition coefficient (Wildman–Crippen LogP) is 2.86. The maximum atomic E-state index is 13.5. The molecule has 0 amide bonds. The van der Waals surface area contributed by atoms with E-state index in [1.807, 2.05) is 0 Å². The Morgan fingerprint density at radius 2 is 2.40 bits per heavy atom. The van der Waals surface area contributed by atoms with Crippen LogP contribution in [0, 0.1) is 5.82 Å². The van der Waals surface area contributed by atoms with E-state index in [9.17, 15) is 4.39 Å². The molecule has 0 aliphatic rings. The van der Waals surface area contributed by atoms with Crippen molar-refractivity contribution in [2.45, 2.75) is 6.92 Å². The van der Waals surface area contributed by atoms with Crippen molar-refractivity contribution >= 4 is 17.4 Å². The highest BCUT2D eigenvalue weighted by molar-refractivity contribution is 6.29. The van der Waals surface area contributed by atoms with Crippen molar-refractivity contribution in [3.8, 4) is 0 Å². The molecule has 1 heterocycles. The third-order valence-electron chi connectivity index (χ3n) is 1.71. The highest BCUT2D eigenvalue weighted by Crippen LogP contribution is 2.23. The van der Waals surface area contributed by atoms with Gasteiger partial charge in [0.25, 0.3) is 0 Å². The van der Waals surface area contributed by atoms with Crippen LogP contribution in [0.15, 0.2) is 18.3 Å². The first-order valence-corrected chi connectivity index (χ1v) is 4.67. The average molecular weight is 232 g/mol. The van der Waals surface area contributed by atoms with Crippen LogP contribution in [0.5, 0.6) is 0 Å². The molecule has 0 saturated carbocycles. The Kier molecular flexibility index (Phi) is 4.52. The van der Waals surface area contributed by atoms with E-state index in [1.165, 1.54) is 19.4 Å². The molecule has 0 aliphatic carbocycles. The van der Waals surface area contributed by atoms with Gasteiger partial charge in [0.2, 0.25) is 0 Å². The molecule has 1 rings (SSSR count). The van der Waals surface area contributed by atoms with E-state index in [-0.39, 0.29) is 17.5 Å². The monoisotopic (exact) mass is 231 g/mol. The van der Waals surface area contributed by atoms with Gasteiger partial charge in [-0.2, -0.15) is 0 Å². The lowest BCUT2D eigenvalue weighted by Gasteiger charge is -2.10. The summed E-state index contributed by atoms with van der Waals surface area (Å²) in [5, 5.41) is -0.173. The van der Waals surface area contributed by atoms with Crippen LogP contribution in [-0.2, 0) is 9.47 Å². The number of pyridine rings is 1. The summed E-state index contributed by atoms with van der Waals surface area (Å²) in [5.74, 6) is -0.220. The van der Waals surface area contributed by atoms with E-state index in [1.54, 1.807) is 13.0 Å². The number of halogens is 2. The maximum absolute atomic E-state index is 13.5. The summed E-state index contributed by atoms with van der Waals surface area (Å²) in [7, 11) is 1.49. The third-order valence-corrected chi connectivity index (χ3v) is 1.97. The summed E-state index contributed by atoms with van der Waals surface area (Å²) in [6.07, 6.45) is 3.05. The normalized spacial score (nSPS) is 11.6. The highest BCUT2D eigenvalue weighted by Gasteiger charge is 2.12. The minimum absolute atomic E-state index is 0.0546. The largest absolute Gasteiger partial charge is 0.467 e. The topological polar surface area (TPSA) is 31.4 Å². The lowest BCUT2D eigenvalue weighted by molar-refractivity contribution is 0.0313. The number of hydrogen-bond donors (Lipinski definition) is 0. The second-order valence-corrected chi connectivity index (χ2v) is 3.03. The number of ether oxygens (including phenoxy) is 2. The van der Waals surface area contributed by atoms with Crippen LogP contribution < -0.4 is 0 Å². The lowest BCUT2D eigenvalue weighted by Crippen LogP contribution is -1.99. The van der Waals surface area contributed by atoms with Gasteiger partial charge in [0.15, 0.2) is 17.8 Å².